The van der Waals surface area contributed by atoms with Crippen molar-refractivity contribution in [3.05, 3.63) is 94.3 Å². The number of anilines is 2. The van der Waals surface area contributed by atoms with E-state index < -0.39 is 0 Å². The third kappa shape index (κ3) is 4.46. The number of rotatable bonds is 5. The lowest BCUT2D eigenvalue weighted by molar-refractivity contribution is 0.103. The lowest BCUT2D eigenvalue weighted by Gasteiger charge is -2.10. The number of carbonyl (C=O) groups is 1. The van der Waals surface area contributed by atoms with Crippen LogP contribution in [0.3, 0.4) is 0 Å². The van der Waals surface area contributed by atoms with Gasteiger partial charge in [-0.15, -0.1) is 11.3 Å². The summed E-state index contributed by atoms with van der Waals surface area (Å²) in [5.41, 5.74) is 12.2. The van der Waals surface area contributed by atoms with Crippen molar-refractivity contribution in [2.75, 3.05) is 18.2 Å². The van der Waals surface area contributed by atoms with Crippen molar-refractivity contribution < 1.29 is 9.53 Å². The Kier molecular flexibility index (Phi) is 6.16. The zero-order valence-corrected chi connectivity index (χ0v) is 20.7. The average Bonchev–Trinajstić information content (AvgIpc) is 3.22. The third-order valence-corrected chi connectivity index (χ3v) is 7.16. The van der Waals surface area contributed by atoms with E-state index in [1.54, 1.807) is 19.2 Å². The summed E-state index contributed by atoms with van der Waals surface area (Å²) in [7, 11) is 1.64. The van der Waals surface area contributed by atoms with Gasteiger partial charge in [-0.1, -0.05) is 60.1 Å². The molecule has 5 aromatic rings. The molecular formula is C28H22ClN3O2S. The summed E-state index contributed by atoms with van der Waals surface area (Å²) in [5, 5.41) is 4.26. The second kappa shape index (κ2) is 9.41. The van der Waals surface area contributed by atoms with E-state index in [-0.39, 0.29) is 5.91 Å². The number of thiophene rings is 1. The van der Waals surface area contributed by atoms with Crippen molar-refractivity contribution >= 4 is 50.4 Å². The molecule has 3 N–H and O–H groups in total. The summed E-state index contributed by atoms with van der Waals surface area (Å²) in [5.74, 6) is 0.468. The molecule has 7 heteroatoms. The number of amides is 1. The first kappa shape index (κ1) is 22.9. The highest BCUT2D eigenvalue weighted by Crippen LogP contribution is 2.42. The fourth-order valence-corrected chi connectivity index (χ4v) is 5.14. The van der Waals surface area contributed by atoms with Gasteiger partial charge < -0.3 is 15.8 Å². The van der Waals surface area contributed by atoms with Crippen LogP contribution >= 0.6 is 22.9 Å². The number of fused-ring (bicyclic) bond motifs is 1. The van der Waals surface area contributed by atoms with E-state index >= 15 is 0 Å². The third-order valence-electron chi connectivity index (χ3n) is 5.82. The van der Waals surface area contributed by atoms with Gasteiger partial charge in [0.05, 0.1) is 18.5 Å². The molecule has 5 nitrogen and oxygen atoms in total. The van der Waals surface area contributed by atoms with Gasteiger partial charge in [0.1, 0.15) is 15.5 Å². The molecule has 0 unspecified atom stereocenters. The van der Waals surface area contributed by atoms with Crippen molar-refractivity contribution in [2.24, 2.45) is 0 Å². The van der Waals surface area contributed by atoms with Gasteiger partial charge in [-0.3, -0.25) is 4.79 Å². The molecule has 3 aromatic carbocycles. The minimum atomic E-state index is -0.294. The Bertz CT molecular complexity index is 1550. The first-order valence-corrected chi connectivity index (χ1v) is 12.1. The maximum absolute atomic E-state index is 13.3. The van der Waals surface area contributed by atoms with E-state index in [1.807, 2.05) is 73.7 Å². The fourth-order valence-electron chi connectivity index (χ4n) is 3.95. The highest BCUT2D eigenvalue weighted by atomic mass is 35.5. The number of nitrogens with zero attached hydrogens (tertiary/aromatic N) is 1. The fraction of sp³-hybridized carbons (Fsp3) is 0.0714. The number of pyridine rings is 1. The number of nitrogens with two attached hydrogens (primary N) is 1. The van der Waals surface area contributed by atoms with E-state index in [1.165, 1.54) is 11.3 Å². The lowest BCUT2D eigenvalue weighted by Crippen LogP contribution is -2.12. The van der Waals surface area contributed by atoms with Crippen LogP contribution in [0.5, 0.6) is 5.75 Å². The largest absolute Gasteiger partial charge is 0.497 e. The van der Waals surface area contributed by atoms with Gasteiger partial charge >= 0.3 is 0 Å². The predicted octanol–water partition coefficient (Wildman–Crippen LogP) is 7.44. The van der Waals surface area contributed by atoms with Crippen LogP contribution in [0.4, 0.5) is 11.4 Å². The Hall–Kier alpha value is -3.87. The number of aryl methyl sites for hydroxylation is 1. The van der Waals surface area contributed by atoms with Gasteiger partial charge in [-0.25, -0.2) is 4.98 Å². The van der Waals surface area contributed by atoms with Crippen LogP contribution in [0.1, 0.15) is 15.2 Å². The first-order chi connectivity index (χ1) is 16.9. The molecule has 174 valence electrons. The summed E-state index contributed by atoms with van der Waals surface area (Å²) in [6.07, 6.45) is 0. The summed E-state index contributed by atoms with van der Waals surface area (Å²) in [4.78, 5) is 19.3. The molecule has 0 saturated heterocycles. The number of nitrogens with one attached hydrogen (secondary N) is 1. The molecule has 0 aliphatic carbocycles. The summed E-state index contributed by atoms with van der Waals surface area (Å²) in [6, 6.07) is 25.1. The molecule has 0 saturated carbocycles. The van der Waals surface area contributed by atoms with Crippen molar-refractivity contribution in [3.8, 4) is 28.1 Å². The molecule has 0 fully saturated rings. The number of hydrogen-bond donors (Lipinski definition) is 2. The molecule has 0 aliphatic rings. The smallest absolute Gasteiger partial charge is 0.267 e. The van der Waals surface area contributed by atoms with Crippen LogP contribution in [0.15, 0.2) is 78.9 Å². The zero-order chi connectivity index (χ0) is 24.5. The molecule has 5 rings (SSSR count). The zero-order valence-electron chi connectivity index (χ0n) is 19.1. The highest BCUT2D eigenvalue weighted by Gasteiger charge is 2.22. The summed E-state index contributed by atoms with van der Waals surface area (Å²) < 4.78 is 5.32. The topological polar surface area (TPSA) is 77.2 Å². The summed E-state index contributed by atoms with van der Waals surface area (Å²) >= 11 is 7.42. The lowest BCUT2D eigenvalue weighted by atomic mass is 9.99. The van der Waals surface area contributed by atoms with E-state index in [4.69, 9.17) is 27.1 Å². The Morgan fingerprint density at radius 1 is 1.00 bits per heavy atom. The van der Waals surface area contributed by atoms with Crippen LogP contribution in [0.2, 0.25) is 5.02 Å². The van der Waals surface area contributed by atoms with Gasteiger partial charge in [0.2, 0.25) is 0 Å². The number of ether oxygens (including phenoxy) is 1. The molecule has 1 amide bonds. The molecule has 2 heterocycles. The SMILES string of the molecule is COc1ccc(-c2cc(-c3ccccc3)nc3sc(C(=O)Nc4cc(Cl)ccc4C)c(N)c23)cc1. The van der Waals surface area contributed by atoms with E-state index in [0.29, 0.717) is 26.1 Å². The minimum absolute atomic E-state index is 0.294. The van der Waals surface area contributed by atoms with Gasteiger partial charge in [-0.2, -0.15) is 0 Å². The molecule has 0 atom stereocenters. The Balaban J connectivity index is 1.66. The predicted molar refractivity (Wildman–Crippen MR) is 146 cm³/mol. The second-order valence-electron chi connectivity index (χ2n) is 8.09. The maximum atomic E-state index is 13.3. The number of hydrogen-bond acceptors (Lipinski definition) is 5. The molecule has 35 heavy (non-hydrogen) atoms. The quantitative estimate of drug-likeness (QED) is 0.263. The number of benzene rings is 3. The Morgan fingerprint density at radius 2 is 1.74 bits per heavy atom. The second-order valence-corrected chi connectivity index (χ2v) is 9.52. The van der Waals surface area contributed by atoms with Crippen LogP contribution in [-0.2, 0) is 0 Å². The number of nitrogen functional groups attached to an aromatic ring is 1. The average molecular weight is 500 g/mol. The standard InChI is InChI=1S/C28H22ClN3O2S/c1-16-8-11-19(29)14-22(16)31-27(33)26-25(30)24-21(17-9-12-20(34-2)13-10-17)15-23(32-28(24)35-26)18-6-4-3-5-7-18/h3-15H,30H2,1-2H3,(H,31,33). The van der Waals surface area contributed by atoms with Crippen molar-refractivity contribution in [1.82, 2.24) is 4.98 Å². The maximum Gasteiger partial charge on any atom is 0.267 e. The van der Waals surface area contributed by atoms with Crippen molar-refractivity contribution in [2.45, 2.75) is 6.92 Å². The van der Waals surface area contributed by atoms with Crippen molar-refractivity contribution in [1.29, 1.82) is 0 Å². The van der Waals surface area contributed by atoms with Crippen LogP contribution in [-0.4, -0.2) is 18.0 Å². The monoisotopic (exact) mass is 499 g/mol. The molecule has 0 radical (unpaired) electrons. The van der Waals surface area contributed by atoms with Crippen LogP contribution in [0, 0.1) is 6.92 Å². The number of halogens is 1. The molecule has 0 aliphatic heterocycles. The number of methoxy groups -OCH3 is 1. The minimum Gasteiger partial charge on any atom is -0.497 e. The van der Waals surface area contributed by atoms with Gasteiger partial charge in [0.25, 0.3) is 5.91 Å². The van der Waals surface area contributed by atoms with E-state index in [2.05, 4.69) is 5.32 Å². The number of carbonyl (C=O) groups excluding carboxylic acids is 1. The molecule has 0 bridgehead atoms. The molecular weight excluding hydrogens is 478 g/mol. The van der Waals surface area contributed by atoms with Gasteiger partial charge in [0.15, 0.2) is 0 Å². The molecule has 2 aromatic heterocycles. The Morgan fingerprint density at radius 3 is 2.46 bits per heavy atom. The van der Waals surface area contributed by atoms with E-state index in [9.17, 15) is 4.79 Å². The first-order valence-electron chi connectivity index (χ1n) is 10.9. The summed E-state index contributed by atoms with van der Waals surface area (Å²) in [6.45, 7) is 1.91. The Labute approximate surface area is 212 Å². The molecule has 0 spiro atoms. The van der Waals surface area contributed by atoms with E-state index in [0.717, 1.165) is 39.1 Å². The van der Waals surface area contributed by atoms with Gasteiger partial charge in [0, 0.05) is 21.7 Å². The normalized spacial score (nSPS) is 10.9. The van der Waals surface area contributed by atoms with Crippen LogP contribution in [0.25, 0.3) is 32.6 Å². The van der Waals surface area contributed by atoms with Crippen molar-refractivity contribution in [3.63, 3.8) is 0 Å². The highest BCUT2D eigenvalue weighted by molar-refractivity contribution is 7.21. The van der Waals surface area contributed by atoms with Crippen LogP contribution < -0.4 is 15.8 Å². The number of aromatic nitrogens is 1. The van der Waals surface area contributed by atoms with Gasteiger partial charge in [-0.05, 0) is 53.9 Å².